The third-order valence-electron chi connectivity index (χ3n) is 6.92. The summed E-state index contributed by atoms with van der Waals surface area (Å²) < 4.78 is 0. The summed E-state index contributed by atoms with van der Waals surface area (Å²) in [5.41, 5.74) is -0.997. The quantitative estimate of drug-likeness (QED) is 0.816. The zero-order valence-electron chi connectivity index (χ0n) is 13.6. The van der Waals surface area contributed by atoms with E-state index in [4.69, 9.17) is 0 Å². The molecule has 3 unspecified atom stereocenters. The summed E-state index contributed by atoms with van der Waals surface area (Å²) in [5, 5.41) is 20.9. The summed E-state index contributed by atoms with van der Waals surface area (Å²) in [6.07, 6.45) is 3.24. The standard InChI is InChI=1S/C19H19NO5/c21-15-12-3-1-2-4-13(12)16(22)20(15)14(17(23)24)18-6-10-5-11(8-18)19(25,7-10)9-18/h1-4,10-11,14,25H,5-9H2,(H,23,24)/t10?,11-,14+,18?,19?/m0/s1. The molecule has 2 amide bonds. The first kappa shape index (κ1) is 15.1. The van der Waals surface area contributed by atoms with E-state index in [1.165, 1.54) is 0 Å². The van der Waals surface area contributed by atoms with Crippen LogP contribution < -0.4 is 0 Å². The molecule has 6 rings (SSSR count). The highest BCUT2D eigenvalue weighted by atomic mass is 16.4. The van der Waals surface area contributed by atoms with E-state index in [1.54, 1.807) is 24.3 Å². The number of aliphatic carboxylic acids is 1. The fourth-order valence-corrected chi connectivity index (χ4v) is 6.33. The number of aliphatic hydroxyl groups is 1. The average molecular weight is 341 g/mol. The van der Waals surface area contributed by atoms with Gasteiger partial charge in [-0.1, -0.05) is 12.1 Å². The minimum Gasteiger partial charge on any atom is -0.480 e. The van der Waals surface area contributed by atoms with Gasteiger partial charge in [0.25, 0.3) is 11.8 Å². The molecule has 0 saturated heterocycles. The molecule has 4 aliphatic carbocycles. The Morgan fingerprint density at radius 2 is 1.76 bits per heavy atom. The van der Waals surface area contributed by atoms with Crippen molar-refractivity contribution in [2.45, 2.75) is 43.7 Å². The first-order chi connectivity index (χ1) is 11.8. The highest BCUT2D eigenvalue weighted by Crippen LogP contribution is 2.68. The third-order valence-corrected chi connectivity index (χ3v) is 6.92. The number of carbonyl (C=O) groups excluding carboxylic acids is 2. The van der Waals surface area contributed by atoms with Gasteiger partial charge in [-0.3, -0.25) is 14.5 Å². The topological polar surface area (TPSA) is 94.9 Å². The van der Waals surface area contributed by atoms with Gasteiger partial charge in [0, 0.05) is 5.41 Å². The Balaban J connectivity index is 1.59. The summed E-state index contributed by atoms with van der Waals surface area (Å²) in [4.78, 5) is 38.8. The number of carbonyl (C=O) groups is 3. The van der Waals surface area contributed by atoms with Gasteiger partial charge in [0.1, 0.15) is 6.04 Å². The highest BCUT2D eigenvalue weighted by molar-refractivity contribution is 6.22. The van der Waals surface area contributed by atoms with Crippen LogP contribution in [0.3, 0.4) is 0 Å². The fourth-order valence-electron chi connectivity index (χ4n) is 6.33. The minimum absolute atomic E-state index is 0.0864. The van der Waals surface area contributed by atoms with E-state index in [-0.39, 0.29) is 23.0 Å². The molecule has 4 bridgehead atoms. The smallest absolute Gasteiger partial charge is 0.327 e. The molecule has 6 heteroatoms. The van der Waals surface area contributed by atoms with Crippen LogP contribution in [-0.4, -0.2) is 44.5 Å². The molecule has 130 valence electrons. The Labute approximate surface area is 144 Å². The van der Waals surface area contributed by atoms with E-state index in [2.05, 4.69) is 0 Å². The number of nitrogens with zero attached hydrogens (tertiary/aromatic N) is 1. The third kappa shape index (κ3) is 1.75. The molecule has 0 aromatic heterocycles. The number of imide groups is 1. The second-order valence-electron chi connectivity index (χ2n) is 8.32. The number of rotatable bonds is 3. The van der Waals surface area contributed by atoms with E-state index in [0.717, 1.165) is 11.3 Å². The van der Waals surface area contributed by atoms with Crippen LogP contribution in [0.4, 0.5) is 0 Å². The second kappa shape index (κ2) is 4.49. The van der Waals surface area contributed by atoms with Crippen molar-refractivity contribution >= 4 is 17.8 Å². The van der Waals surface area contributed by atoms with Gasteiger partial charge in [-0.25, -0.2) is 4.79 Å². The predicted octanol–water partition coefficient (Wildman–Crippen LogP) is 1.68. The van der Waals surface area contributed by atoms with Gasteiger partial charge in [0.15, 0.2) is 0 Å². The number of carboxylic acids is 1. The normalized spacial score (nSPS) is 39.2. The minimum atomic E-state index is -1.21. The van der Waals surface area contributed by atoms with Gasteiger partial charge >= 0.3 is 5.97 Å². The monoisotopic (exact) mass is 341 g/mol. The predicted molar refractivity (Wildman–Crippen MR) is 85.8 cm³/mol. The molecule has 5 atom stereocenters. The number of fused-ring (bicyclic) bond motifs is 1. The van der Waals surface area contributed by atoms with E-state index >= 15 is 0 Å². The van der Waals surface area contributed by atoms with Crippen molar-refractivity contribution in [1.29, 1.82) is 0 Å². The molecule has 1 heterocycles. The maximum absolute atomic E-state index is 12.8. The SMILES string of the molecule is O=C(O)[C@@H](N1C(=O)c2ccccc2C1=O)C12CC3C[C@@H](C1)C(O)(C3)C2. The van der Waals surface area contributed by atoms with Crippen molar-refractivity contribution in [2.24, 2.45) is 17.3 Å². The summed E-state index contributed by atoms with van der Waals surface area (Å²) in [6, 6.07) is 5.27. The lowest BCUT2D eigenvalue weighted by molar-refractivity contribution is -0.149. The summed E-state index contributed by atoms with van der Waals surface area (Å²) in [7, 11) is 0. The molecule has 1 aromatic rings. The Morgan fingerprint density at radius 3 is 2.28 bits per heavy atom. The van der Waals surface area contributed by atoms with Crippen molar-refractivity contribution in [3.63, 3.8) is 0 Å². The molecule has 5 aliphatic rings. The van der Waals surface area contributed by atoms with Crippen LogP contribution in [0.2, 0.25) is 0 Å². The molecular formula is C19H19NO5. The average Bonchev–Trinajstić information content (AvgIpc) is 3.01. The molecule has 0 radical (unpaired) electrons. The second-order valence-corrected chi connectivity index (χ2v) is 8.32. The van der Waals surface area contributed by atoms with Crippen LogP contribution in [0.15, 0.2) is 24.3 Å². The highest BCUT2D eigenvalue weighted by Gasteiger charge is 2.68. The van der Waals surface area contributed by atoms with Gasteiger partial charge in [0.05, 0.1) is 16.7 Å². The Kier molecular flexibility index (Phi) is 2.71. The molecule has 0 spiro atoms. The first-order valence-electron chi connectivity index (χ1n) is 8.77. The number of hydrogen-bond donors (Lipinski definition) is 2. The van der Waals surface area contributed by atoms with Gasteiger partial charge in [0.2, 0.25) is 0 Å². The zero-order valence-corrected chi connectivity index (χ0v) is 13.6. The maximum atomic E-state index is 12.8. The lowest BCUT2D eigenvalue weighted by atomic mass is 9.64. The lowest BCUT2D eigenvalue weighted by Crippen LogP contribution is -2.56. The fraction of sp³-hybridized carbons (Fsp3) is 0.526. The zero-order chi connectivity index (χ0) is 17.6. The van der Waals surface area contributed by atoms with Gasteiger partial charge in [-0.15, -0.1) is 0 Å². The maximum Gasteiger partial charge on any atom is 0.327 e. The summed E-state index contributed by atoms with van der Waals surface area (Å²) >= 11 is 0. The van der Waals surface area contributed by atoms with E-state index in [9.17, 15) is 24.6 Å². The van der Waals surface area contributed by atoms with Crippen LogP contribution in [0.25, 0.3) is 0 Å². The van der Waals surface area contributed by atoms with Crippen LogP contribution >= 0.6 is 0 Å². The Bertz CT molecular complexity index is 800. The number of amides is 2. The van der Waals surface area contributed by atoms with Gasteiger partial charge in [-0.05, 0) is 56.1 Å². The van der Waals surface area contributed by atoms with Crippen molar-refractivity contribution in [3.8, 4) is 0 Å². The first-order valence-corrected chi connectivity index (χ1v) is 8.77. The molecule has 25 heavy (non-hydrogen) atoms. The largest absolute Gasteiger partial charge is 0.480 e. The number of hydrogen-bond acceptors (Lipinski definition) is 4. The molecule has 4 fully saturated rings. The van der Waals surface area contributed by atoms with Crippen LogP contribution in [0.5, 0.6) is 0 Å². The molecule has 1 aromatic carbocycles. The van der Waals surface area contributed by atoms with Crippen molar-refractivity contribution in [1.82, 2.24) is 4.90 Å². The van der Waals surface area contributed by atoms with E-state index in [0.29, 0.717) is 25.7 Å². The molecule has 1 aliphatic heterocycles. The lowest BCUT2D eigenvalue weighted by Gasteiger charge is -2.45. The van der Waals surface area contributed by atoms with Gasteiger partial charge in [-0.2, -0.15) is 0 Å². The molecule has 4 saturated carbocycles. The van der Waals surface area contributed by atoms with Crippen molar-refractivity contribution in [2.75, 3.05) is 0 Å². The van der Waals surface area contributed by atoms with Crippen LogP contribution in [-0.2, 0) is 4.79 Å². The number of benzene rings is 1. The van der Waals surface area contributed by atoms with Crippen LogP contribution in [0.1, 0.15) is 52.8 Å². The number of carboxylic acid groups (broad SMARTS) is 1. The summed E-state index contributed by atoms with van der Waals surface area (Å²) in [6.45, 7) is 0. The summed E-state index contributed by atoms with van der Waals surface area (Å²) in [5.74, 6) is -1.84. The van der Waals surface area contributed by atoms with Crippen LogP contribution in [0, 0.1) is 17.3 Å². The van der Waals surface area contributed by atoms with Gasteiger partial charge < -0.3 is 10.2 Å². The Hall–Kier alpha value is -2.21. The van der Waals surface area contributed by atoms with E-state index < -0.39 is 34.8 Å². The molecule has 6 nitrogen and oxygen atoms in total. The van der Waals surface area contributed by atoms with E-state index in [1.807, 2.05) is 0 Å². The molecular weight excluding hydrogens is 322 g/mol. The van der Waals surface area contributed by atoms with Crippen molar-refractivity contribution < 1.29 is 24.6 Å². The molecule has 2 N–H and O–H groups in total. The van der Waals surface area contributed by atoms with Crippen molar-refractivity contribution in [3.05, 3.63) is 35.4 Å². The Morgan fingerprint density at radius 1 is 1.12 bits per heavy atom.